The zero-order chi connectivity index (χ0) is 17.3. The van der Waals surface area contributed by atoms with E-state index in [0.29, 0.717) is 0 Å². The largest absolute Gasteiger partial charge is 0.255 e. The van der Waals surface area contributed by atoms with Crippen LogP contribution in [0.25, 0.3) is 44.1 Å². The van der Waals surface area contributed by atoms with Crippen LogP contribution in [0.2, 0.25) is 0 Å². The highest BCUT2D eigenvalue weighted by molar-refractivity contribution is 6.06. The van der Waals surface area contributed by atoms with Crippen molar-refractivity contribution >= 4 is 21.5 Å². The van der Waals surface area contributed by atoms with Gasteiger partial charge in [0.25, 0.3) is 0 Å². The maximum Gasteiger partial charge on any atom is 0.0964 e. The fourth-order valence-electron chi connectivity index (χ4n) is 3.53. The van der Waals surface area contributed by atoms with Gasteiger partial charge in [-0.2, -0.15) is 0 Å². The standard InChI is InChI=1S/C24H16N2/c1-2-8-18-16-22-19(15-17(18)7-1)9-5-10-20(22)21-11-6-14-26-24(21)23-12-3-4-13-25-23/h1-16H. The lowest BCUT2D eigenvalue weighted by Crippen LogP contribution is -1.92. The molecule has 0 aliphatic carbocycles. The molecule has 0 spiro atoms. The van der Waals surface area contributed by atoms with E-state index in [0.717, 1.165) is 17.0 Å². The van der Waals surface area contributed by atoms with Crippen LogP contribution in [0.5, 0.6) is 0 Å². The molecule has 0 amide bonds. The number of benzene rings is 3. The molecule has 0 aliphatic heterocycles. The molecule has 3 aromatic carbocycles. The minimum absolute atomic E-state index is 0.890. The van der Waals surface area contributed by atoms with Crippen LogP contribution in [0, 0.1) is 0 Å². The third-order valence-corrected chi connectivity index (χ3v) is 4.75. The summed E-state index contributed by atoms with van der Waals surface area (Å²) in [6, 6.07) is 29.5. The first-order valence-corrected chi connectivity index (χ1v) is 8.68. The molecule has 0 fully saturated rings. The number of aromatic nitrogens is 2. The van der Waals surface area contributed by atoms with Crippen molar-refractivity contribution in [1.82, 2.24) is 9.97 Å². The molecule has 2 aromatic heterocycles. The van der Waals surface area contributed by atoms with Crippen molar-refractivity contribution in [3.63, 3.8) is 0 Å². The Balaban J connectivity index is 1.82. The Labute approximate surface area is 151 Å². The van der Waals surface area contributed by atoms with Gasteiger partial charge in [0.15, 0.2) is 0 Å². The van der Waals surface area contributed by atoms with Gasteiger partial charge in [0.2, 0.25) is 0 Å². The Morgan fingerprint density at radius 3 is 2.08 bits per heavy atom. The smallest absolute Gasteiger partial charge is 0.0964 e. The third-order valence-electron chi connectivity index (χ3n) is 4.75. The first-order valence-electron chi connectivity index (χ1n) is 8.68. The minimum Gasteiger partial charge on any atom is -0.255 e. The average molecular weight is 332 g/mol. The van der Waals surface area contributed by atoms with Crippen LogP contribution < -0.4 is 0 Å². The van der Waals surface area contributed by atoms with Gasteiger partial charge in [0, 0.05) is 18.0 Å². The predicted molar refractivity (Wildman–Crippen MR) is 108 cm³/mol. The summed E-state index contributed by atoms with van der Waals surface area (Å²) in [6.07, 6.45) is 3.64. The highest BCUT2D eigenvalue weighted by atomic mass is 14.8. The van der Waals surface area contributed by atoms with Crippen LogP contribution in [0.3, 0.4) is 0 Å². The second kappa shape index (κ2) is 6.08. The fraction of sp³-hybridized carbons (Fsp3) is 0. The third kappa shape index (κ3) is 2.44. The topological polar surface area (TPSA) is 25.8 Å². The summed E-state index contributed by atoms with van der Waals surface area (Å²) in [5, 5.41) is 4.97. The van der Waals surface area contributed by atoms with E-state index in [4.69, 9.17) is 0 Å². The van der Waals surface area contributed by atoms with E-state index in [9.17, 15) is 0 Å². The Morgan fingerprint density at radius 1 is 0.500 bits per heavy atom. The van der Waals surface area contributed by atoms with E-state index in [1.54, 1.807) is 0 Å². The summed E-state index contributed by atoms with van der Waals surface area (Å²) < 4.78 is 0. The summed E-state index contributed by atoms with van der Waals surface area (Å²) in [5.41, 5.74) is 4.09. The Morgan fingerprint density at radius 2 is 1.23 bits per heavy atom. The van der Waals surface area contributed by atoms with Crippen LogP contribution in [0.15, 0.2) is 97.3 Å². The van der Waals surface area contributed by atoms with Crippen molar-refractivity contribution in [2.75, 3.05) is 0 Å². The minimum atomic E-state index is 0.890. The van der Waals surface area contributed by atoms with Gasteiger partial charge in [-0.1, -0.05) is 54.6 Å². The van der Waals surface area contributed by atoms with Gasteiger partial charge in [-0.05, 0) is 57.4 Å². The SMILES string of the molecule is c1ccc(-c2ncccc2-c2cccc3cc4ccccc4cc23)nc1. The monoisotopic (exact) mass is 332 g/mol. The summed E-state index contributed by atoms with van der Waals surface area (Å²) in [4.78, 5) is 9.13. The van der Waals surface area contributed by atoms with E-state index >= 15 is 0 Å². The normalized spacial score (nSPS) is 11.1. The summed E-state index contributed by atoms with van der Waals surface area (Å²) >= 11 is 0. The molecule has 0 N–H and O–H groups in total. The number of nitrogens with zero attached hydrogens (tertiary/aromatic N) is 2. The highest BCUT2D eigenvalue weighted by Crippen LogP contribution is 2.35. The average Bonchev–Trinajstić information content (AvgIpc) is 2.72. The maximum atomic E-state index is 4.63. The van der Waals surface area contributed by atoms with Crippen molar-refractivity contribution in [2.45, 2.75) is 0 Å². The molecule has 0 bridgehead atoms. The van der Waals surface area contributed by atoms with Gasteiger partial charge in [0.05, 0.1) is 11.4 Å². The van der Waals surface area contributed by atoms with E-state index in [1.165, 1.54) is 27.1 Å². The molecule has 0 aliphatic rings. The molecule has 2 heterocycles. The van der Waals surface area contributed by atoms with Gasteiger partial charge in [-0.25, -0.2) is 0 Å². The molecule has 2 nitrogen and oxygen atoms in total. The predicted octanol–water partition coefficient (Wildman–Crippen LogP) is 6.12. The van der Waals surface area contributed by atoms with Crippen LogP contribution >= 0.6 is 0 Å². The second-order valence-electron chi connectivity index (χ2n) is 6.34. The number of hydrogen-bond acceptors (Lipinski definition) is 2. The lowest BCUT2D eigenvalue weighted by molar-refractivity contribution is 1.25. The first kappa shape index (κ1) is 14.8. The number of pyridine rings is 2. The molecule has 2 heteroatoms. The van der Waals surface area contributed by atoms with E-state index in [2.05, 4.69) is 70.6 Å². The van der Waals surface area contributed by atoms with Crippen molar-refractivity contribution in [1.29, 1.82) is 0 Å². The molecule has 0 unspecified atom stereocenters. The maximum absolute atomic E-state index is 4.63. The molecule has 0 radical (unpaired) electrons. The number of rotatable bonds is 2. The number of fused-ring (bicyclic) bond motifs is 2. The fourth-order valence-corrected chi connectivity index (χ4v) is 3.53. The van der Waals surface area contributed by atoms with Crippen molar-refractivity contribution in [2.24, 2.45) is 0 Å². The van der Waals surface area contributed by atoms with Crippen LogP contribution in [0.1, 0.15) is 0 Å². The summed E-state index contributed by atoms with van der Waals surface area (Å²) in [5.74, 6) is 0. The van der Waals surface area contributed by atoms with Crippen molar-refractivity contribution in [3.05, 3.63) is 97.3 Å². The van der Waals surface area contributed by atoms with Crippen LogP contribution in [-0.4, -0.2) is 9.97 Å². The lowest BCUT2D eigenvalue weighted by Gasteiger charge is -2.12. The molecule has 5 rings (SSSR count). The van der Waals surface area contributed by atoms with E-state index < -0.39 is 0 Å². The number of hydrogen-bond donors (Lipinski definition) is 0. The molecular weight excluding hydrogens is 316 g/mol. The molecule has 122 valence electrons. The molecule has 26 heavy (non-hydrogen) atoms. The van der Waals surface area contributed by atoms with Gasteiger partial charge in [-0.3, -0.25) is 9.97 Å². The summed E-state index contributed by atoms with van der Waals surface area (Å²) in [7, 11) is 0. The Kier molecular flexibility index (Phi) is 3.46. The van der Waals surface area contributed by atoms with Gasteiger partial charge < -0.3 is 0 Å². The second-order valence-corrected chi connectivity index (χ2v) is 6.34. The molecule has 0 saturated carbocycles. The first-order chi connectivity index (χ1) is 12.9. The van der Waals surface area contributed by atoms with Crippen LogP contribution in [-0.2, 0) is 0 Å². The van der Waals surface area contributed by atoms with E-state index in [1.807, 2.05) is 36.7 Å². The quantitative estimate of drug-likeness (QED) is 0.364. The van der Waals surface area contributed by atoms with Crippen molar-refractivity contribution in [3.8, 4) is 22.5 Å². The highest BCUT2D eigenvalue weighted by Gasteiger charge is 2.12. The molecular formula is C24H16N2. The Hall–Kier alpha value is -3.52. The molecule has 0 saturated heterocycles. The molecule has 5 aromatic rings. The Bertz CT molecular complexity index is 1230. The zero-order valence-corrected chi connectivity index (χ0v) is 14.1. The van der Waals surface area contributed by atoms with Gasteiger partial charge >= 0.3 is 0 Å². The lowest BCUT2D eigenvalue weighted by atomic mass is 9.94. The molecule has 0 atom stereocenters. The van der Waals surface area contributed by atoms with Crippen LogP contribution in [0.4, 0.5) is 0 Å². The van der Waals surface area contributed by atoms with Gasteiger partial charge in [0.1, 0.15) is 0 Å². The van der Waals surface area contributed by atoms with Gasteiger partial charge in [-0.15, -0.1) is 0 Å². The van der Waals surface area contributed by atoms with Crippen molar-refractivity contribution < 1.29 is 0 Å². The summed E-state index contributed by atoms with van der Waals surface area (Å²) in [6.45, 7) is 0. The van der Waals surface area contributed by atoms with E-state index in [-0.39, 0.29) is 0 Å². The zero-order valence-electron chi connectivity index (χ0n) is 14.1.